The number of alkyl carbamates (subject to hydrolysis) is 2. The van der Waals surface area contributed by atoms with Crippen LogP contribution in [0.1, 0.15) is 72.6 Å². The summed E-state index contributed by atoms with van der Waals surface area (Å²) in [5.74, 6) is 0.691. The van der Waals surface area contributed by atoms with Crippen molar-refractivity contribution in [2.24, 2.45) is 0 Å². The Balaban J connectivity index is 0.910. The summed E-state index contributed by atoms with van der Waals surface area (Å²) in [6.07, 6.45) is 5.14. The Kier molecular flexibility index (Phi) is 11.0. The number of carbonyl (C=O) groups excluding carboxylic acids is 4. The van der Waals surface area contributed by atoms with Gasteiger partial charge in [-0.3, -0.25) is 9.59 Å². The Labute approximate surface area is 356 Å². The highest BCUT2D eigenvalue weighted by atomic mass is 16.5. The lowest BCUT2D eigenvalue weighted by Crippen LogP contribution is -2.43. The first-order chi connectivity index (χ1) is 30.3. The number of nitrogens with one attached hydrogen (secondary N) is 4. The Bertz CT molecular complexity index is 2650. The predicted octanol–water partition coefficient (Wildman–Crippen LogP) is 7.08. The topological polar surface area (TPSA) is 200 Å². The molecule has 4 atom stereocenters. The average Bonchev–Trinajstić information content (AvgIpc) is 4.16. The van der Waals surface area contributed by atoms with Gasteiger partial charge in [0.1, 0.15) is 17.9 Å². The molecule has 3 aromatic carbocycles. The minimum Gasteiger partial charge on any atom is -0.453 e. The number of fused-ring (bicyclic) bond motifs is 2. The highest BCUT2D eigenvalue weighted by molar-refractivity contribution is 5.89. The third-order valence-corrected chi connectivity index (χ3v) is 11.6. The molecule has 0 saturated carbocycles. The van der Waals surface area contributed by atoms with E-state index in [0.717, 1.165) is 51.8 Å². The molecule has 0 bridgehead atoms. The molecule has 2 aliphatic rings. The summed E-state index contributed by atoms with van der Waals surface area (Å²) >= 11 is 0. The molecule has 16 nitrogen and oxygen atoms in total. The maximum atomic E-state index is 14.0. The summed E-state index contributed by atoms with van der Waals surface area (Å²) in [6.45, 7) is 1.04. The van der Waals surface area contributed by atoms with Crippen molar-refractivity contribution in [1.82, 2.24) is 50.3 Å². The number of carbonyl (C=O) groups is 4. The molecule has 4 N–H and O–H groups in total. The quantitative estimate of drug-likeness (QED) is 0.110. The molecule has 2 saturated heterocycles. The van der Waals surface area contributed by atoms with Crippen molar-refractivity contribution >= 4 is 46.2 Å². The summed E-state index contributed by atoms with van der Waals surface area (Å²) in [4.78, 5) is 81.9. The standard InChI is InChI=1S/C46H44N10O6/c1-61-45(59)52-38(29-11-5-3-6-12-29)43(57)55-21-9-15-36(55)41-48-26-35-33(50-41)24-32(49-35)28-19-17-27(18-20-28)31-23-34-40(47-25-31)54-42(51-34)37-16-10-22-56(37)44(58)39(53-46(60)62-2)30-13-7-4-8-14-30/h3-8,11-14,17-20,23-26,36-39,49H,9-10,15-16,21-22H2,1-2H3,(H,52,59)(H,53,60)(H,47,51,54). The van der Waals surface area contributed by atoms with Crippen LogP contribution in [0.25, 0.3) is 44.6 Å². The Morgan fingerprint density at radius 3 is 1.84 bits per heavy atom. The summed E-state index contributed by atoms with van der Waals surface area (Å²) < 4.78 is 9.67. The lowest BCUT2D eigenvalue weighted by Gasteiger charge is -2.28. The van der Waals surface area contributed by atoms with E-state index in [0.29, 0.717) is 54.4 Å². The number of rotatable bonds is 10. The van der Waals surface area contributed by atoms with Gasteiger partial charge in [-0.15, -0.1) is 0 Å². The molecule has 62 heavy (non-hydrogen) atoms. The number of aromatic nitrogens is 6. The van der Waals surface area contributed by atoms with E-state index < -0.39 is 24.3 Å². The molecule has 9 rings (SSSR count). The van der Waals surface area contributed by atoms with Crippen LogP contribution < -0.4 is 10.6 Å². The molecule has 16 heteroatoms. The third-order valence-electron chi connectivity index (χ3n) is 11.6. The monoisotopic (exact) mass is 832 g/mol. The van der Waals surface area contributed by atoms with Crippen LogP contribution in [0.4, 0.5) is 9.59 Å². The van der Waals surface area contributed by atoms with Crippen LogP contribution in [-0.2, 0) is 19.1 Å². The number of benzene rings is 3. The largest absolute Gasteiger partial charge is 0.453 e. The second-order valence-corrected chi connectivity index (χ2v) is 15.3. The fourth-order valence-electron chi connectivity index (χ4n) is 8.49. The zero-order valence-corrected chi connectivity index (χ0v) is 34.1. The van der Waals surface area contributed by atoms with Gasteiger partial charge in [0, 0.05) is 30.5 Å². The number of ether oxygens (including phenoxy) is 2. The number of H-pyrrole nitrogens is 2. The smallest absolute Gasteiger partial charge is 0.407 e. The van der Waals surface area contributed by atoms with Crippen LogP contribution in [0.3, 0.4) is 0 Å². The second-order valence-electron chi connectivity index (χ2n) is 15.3. The zero-order chi connectivity index (χ0) is 42.7. The number of pyridine rings is 1. The van der Waals surface area contributed by atoms with Crippen molar-refractivity contribution < 1.29 is 28.7 Å². The van der Waals surface area contributed by atoms with Gasteiger partial charge in [0.15, 0.2) is 11.5 Å². The normalized spacial score (nSPS) is 17.2. The Morgan fingerprint density at radius 1 is 0.645 bits per heavy atom. The van der Waals surface area contributed by atoms with E-state index in [2.05, 4.69) is 30.6 Å². The van der Waals surface area contributed by atoms with Crippen molar-refractivity contribution in [1.29, 1.82) is 0 Å². The van der Waals surface area contributed by atoms with Gasteiger partial charge in [-0.2, -0.15) is 0 Å². The highest BCUT2D eigenvalue weighted by Crippen LogP contribution is 2.36. The number of likely N-dealkylation sites (tertiary alicyclic amines) is 2. The van der Waals surface area contributed by atoms with E-state index in [1.54, 1.807) is 46.5 Å². The second kappa shape index (κ2) is 17.2. The molecule has 6 heterocycles. The first kappa shape index (κ1) is 39.8. The number of nitrogens with zero attached hydrogens (tertiary/aromatic N) is 6. The van der Waals surface area contributed by atoms with Gasteiger partial charge < -0.3 is 39.9 Å². The van der Waals surface area contributed by atoms with Gasteiger partial charge in [0.05, 0.1) is 49.1 Å². The van der Waals surface area contributed by atoms with Gasteiger partial charge in [-0.25, -0.2) is 29.5 Å². The molecular formula is C46H44N10O6. The lowest BCUT2D eigenvalue weighted by atomic mass is 10.0. The number of methoxy groups -OCH3 is 2. The number of imidazole rings is 1. The molecule has 4 aromatic heterocycles. The molecule has 0 aliphatic carbocycles. The van der Waals surface area contributed by atoms with Crippen LogP contribution in [-0.4, -0.2) is 91.0 Å². The molecule has 0 spiro atoms. The van der Waals surface area contributed by atoms with Crippen LogP contribution >= 0.6 is 0 Å². The summed E-state index contributed by atoms with van der Waals surface area (Å²) in [6, 6.07) is 27.8. The van der Waals surface area contributed by atoms with Crippen molar-refractivity contribution in [3.63, 3.8) is 0 Å². The van der Waals surface area contributed by atoms with Crippen LogP contribution in [0.2, 0.25) is 0 Å². The summed E-state index contributed by atoms with van der Waals surface area (Å²) in [5, 5.41) is 5.41. The van der Waals surface area contributed by atoms with Gasteiger partial charge in [-0.1, -0.05) is 84.9 Å². The van der Waals surface area contributed by atoms with E-state index in [9.17, 15) is 19.2 Å². The minimum absolute atomic E-state index is 0.239. The van der Waals surface area contributed by atoms with Gasteiger partial charge >= 0.3 is 12.2 Å². The molecular weight excluding hydrogens is 789 g/mol. The first-order valence-electron chi connectivity index (χ1n) is 20.5. The Morgan fingerprint density at radius 2 is 1.23 bits per heavy atom. The summed E-state index contributed by atoms with van der Waals surface area (Å²) in [5.41, 5.74) is 7.76. The van der Waals surface area contributed by atoms with Crippen molar-refractivity contribution in [3.8, 4) is 22.4 Å². The van der Waals surface area contributed by atoms with E-state index in [4.69, 9.17) is 19.4 Å². The fourth-order valence-corrected chi connectivity index (χ4v) is 8.49. The van der Waals surface area contributed by atoms with Crippen molar-refractivity contribution in [2.75, 3.05) is 27.3 Å². The zero-order valence-electron chi connectivity index (χ0n) is 34.1. The molecule has 4 amide bonds. The number of amides is 4. The Hall–Kier alpha value is -7.62. The highest BCUT2D eigenvalue weighted by Gasteiger charge is 2.39. The van der Waals surface area contributed by atoms with Gasteiger partial charge in [0.25, 0.3) is 11.8 Å². The molecule has 7 aromatic rings. The van der Waals surface area contributed by atoms with E-state index >= 15 is 0 Å². The molecule has 2 aliphatic heterocycles. The maximum Gasteiger partial charge on any atom is 0.407 e. The van der Waals surface area contributed by atoms with E-state index in [-0.39, 0.29) is 23.9 Å². The fraction of sp³-hybridized carbons (Fsp3) is 0.261. The van der Waals surface area contributed by atoms with E-state index in [1.807, 2.05) is 72.8 Å². The molecule has 314 valence electrons. The van der Waals surface area contributed by atoms with Crippen molar-refractivity contribution in [3.05, 3.63) is 132 Å². The summed E-state index contributed by atoms with van der Waals surface area (Å²) in [7, 11) is 2.54. The van der Waals surface area contributed by atoms with Crippen LogP contribution in [0.5, 0.6) is 0 Å². The molecule has 0 radical (unpaired) electrons. The van der Waals surface area contributed by atoms with Crippen LogP contribution in [0, 0.1) is 0 Å². The third kappa shape index (κ3) is 7.89. The van der Waals surface area contributed by atoms with Gasteiger partial charge in [-0.05, 0) is 60.1 Å². The molecule has 2 fully saturated rings. The first-order valence-corrected chi connectivity index (χ1v) is 20.5. The van der Waals surface area contributed by atoms with Gasteiger partial charge in [0.2, 0.25) is 0 Å². The van der Waals surface area contributed by atoms with Crippen LogP contribution in [0.15, 0.2) is 109 Å². The lowest BCUT2D eigenvalue weighted by molar-refractivity contribution is -0.135. The number of hydrogen-bond donors (Lipinski definition) is 4. The number of aromatic amines is 2. The molecule has 4 unspecified atom stereocenters. The number of hydrogen-bond acceptors (Lipinski definition) is 10. The SMILES string of the molecule is COC(=O)NC(C(=O)N1CCCC1c1ncc2[nH]c(-c3ccc(-c4cnc5nc(C6CCCN6C(=O)C(NC(=O)OC)c6ccccc6)[nH]c5c4)cc3)cc2n1)c1ccccc1. The van der Waals surface area contributed by atoms with Crippen molar-refractivity contribution in [2.45, 2.75) is 49.9 Å². The average molecular weight is 833 g/mol. The predicted molar refractivity (Wildman–Crippen MR) is 229 cm³/mol. The maximum absolute atomic E-state index is 14.0. The van der Waals surface area contributed by atoms with E-state index in [1.165, 1.54) is 14.2 Å². The minimum atomic E-state index is -0.914.